The van der Waals surface area contributed by atoms with Crippen molar-refractivity contribution in [2.45, 2.75) is 12.6 Å². The van der Waals surface area contributed by atoms with Crippen molar-refractivity contribution in [2.24, 2.45) is 0 Å². The SMILES string of the molecule is O=C(CC(F)(F)F)c1ccc(Br)cc1. The Morgan fingerprint density at radius 3 is 2.14 bits per heavy atom. The Morgan fingerprint density at radius 2 is 1.71 bits per heavy atom. The highest BCUT2D eigenvalue weighted by molar-refractivity contribution is 9.10. The van der Waals surface area contributed by atoms with Gasteiger partial charge in [0.1, 0.15) is 6.42 Å². The van der Waals surface area contributed by atoms with Crippen molar-refractivity contribution in [3.8, 4) is 0 Å². The number of hydrogen-bond donors (Lipinski definition) is 0. The minimum Gasteiger partial charge on any atom is -0.294 e. The van der Waals surface area contributed by atoms with E-state index in [9.17, 15) is 18.0 Å². The number of ketones is 1. The third kappa shape index (κ3) is 3.49. The molecule has 0 amide bonds. The van der Waals surface area contributed by atoms with E-state index < -0.39 is 18.4 Å². The highest BCUT2D eigenvalue weighted by Crippen LogP contribution is 2.22. The Morgan fingerprint density at radius 1 is 1.21 bits per heavy atom. The van der Waals surface area contributed by atoms with E-state index in [0.29, 0.717) is 0 Å². The van der Waals surface area contributed by atoms with Crippen molar-refractivity contribution >= 4 is 21.7 Å². The van der Waals surface area contributed by atoms with E-state index in [0.717, 1.165) is 4.47 Å². The fraction of sp³-hybridized carbons (Fsp3) is 0.222. The molecule has 0 bridgehead atoms. The third-order valence-electron chi connectivity index (χ3n) is 1.53. The molecule has 14 heavy (non-hydrogen) atoms. The van der Waals surface area contributed by atoms with Crippen LogP contribution in [0.4, 0.5) is 13.2 Å². The number of hydrogen-bond acceptors (Lipinski definition) is 1. The van der Waals surface area contributed by atoms with Crippen LogP contribution >= 0.6 is 15.9 Å². The Bertz CT molecular complexity index is 329. The molecule has 0 aliphatic carbocycles. The van der Waals surface area contributed by atoms with Gasteiger partial charge in [0.2, 0.25) is 0 Å². The fourth-order valence-electron chi connectivity index (χ4n) is 0.920. The van der Waals surface area contributed by atoms with E-state index in [1.807, 2.05) is 0 Å². The molecule has 0 radical (unpaired) electrons. The van der Waals surface area contributed by atoms with Gasteiger partial charge in [-0.05, 0) is 12.1 Å². The van der Waals surface area contributed by atoms with Gasteiger partial charge in [-0.2, -0.15) is 13.2 Å². The van der Waals surface area contributed by atoms with Crippen molar-refractivity contribution in [3.05, 3.63) is 34.3 Å². The summed E-state index contributed by atoms with van der Waals surface area (Å²) < 4.78 is 36.2. The van der Waals surface area contributed by atoms with Crippen molar-refractivity contribution in [1.82, 2.24) is 0 Å². The Balaban J connectivity index is 2.76. The average molecular weight is 267 g/mol. The maximum Gasteiger partial charge on any atom is 0.396 e. The molecule has 0 saturated carbocycles. The van der Waals surface area contributed by atoms with Gasteiger partial charge in [-0.3, -0.25) is 4.79 Å². The Labute approximate surface area is 87.1 Å². The molecule has 1 nitrogen and oxygen atoms in total. The van der Waals surface area contributed by atoms with Gasteiger partial charge < -0.3 is 0 Å². The van der Waals surface area contributed by atoms with Crippen molar-refractivity contribution in [1.29, 1.82) is 0 Å². The van der Waals surface area contributed by atoms with E-state index in [2.05, 4.69) is 15.9 Å². The molecule has 5 heteroatoms. The van der Waals surface area contributed by atoms with Crippen LogP contribution in [0.25, 0.3) is 0 Å². The topological polar surface area (TPSA) is 17.1 Å². The minimum absolute atomic E-state index is 0.0746. The first kappa shape index (κ1) is 11.2. The molecule has 0 fully saturated rings. The van der Waals surface area contributed by atoms with Gasteiger partial charge in [-0.15, -0.1) is 0 Å². The lowest BCUT2D eigenvalue weighted by atomic mass is 10.1. The lowest BCUT2D eigenvalue weighted by molar-refractivity contribution is -0.125. The average Bonchev–Trinajstić information content (AvgIpc) is 2.02. The third-order valence-corrected chi connectivity index (χ3v) is 2.06. The van der Waals surface area contributed by atoms with Crippen LogP contribution in [0.1, 0.15) is 16.8 Å². The Hall–Kier alpha value is -0.840. The number of rotatable bonds is 2. The van der Waals surface area contributed by atoms with Crippen LogP contribution in [0, 0.1) is 0 Å². The number of Topliss-reactive ketones (excluding diaryl/α,β-unsaturated/α-hetero) is 1. The molecule has 0 aromatic heterocycles. The van der Waals surface area contributed by atoms with Gasteiger partial charge in [0.25, 0.3) is 0 Å². The summed E-state index contributed by atoms with van der Waals surface area (Å²) in [4.78, 5) is 11.0. The van der Waals surface area contributed by atoms with Crippen molar-refractivity contribution in [3.63, 3.8) is 0 Å². The summed E-state index contributed by atoms with van der Waals surface area (Å²) in [7, 11) is 0. The summed E-state index contributed by atoms with van der Waals surface area (Å²) in [6, 6.07) is 5.78. The molecular formula is C9H6BrF3O. The van der Waals surface area contributed by atoms with Gasteiger partial charge in [-0.1, -0.05) is 28.1 Å². The Kier molecular flexibility index (Phi) is 3.31. The molecule has 0 unspecified atom stereocenters. The largest absolute Gasteiger partial charge is 0.396 e. The smallest absolute Gasteiger partial charge is 0.294 e. The molecule has 1 aromatic rings. The van der Waals surface area contributed by atoms with Crippen molar-refractivity contribution < 1.29 is 18.0 Å². The molecule has 0 N–H and O–H groups in total. The molecule has 0 aliphatic heterocycles. The van der Waals surface area contributed by atoms with E-state index in [1.54, 1.807) is 0 Å². The summed E-state index contributed by atoms with van der Waals surface area (Å²) in [5.41, 5.74) is 0.0746. The quantitative estimate of drug-likeness (QED) is 0.748. The van der Waals surface area contributed by atoms with E-state index in [1.165, 1.54) is 24.3 Å². The van der Waals surface area contributed by atoms with Gasteiger partial charge in [0.15, 0.2) is 5.78 Å². The molecule has 0 atom stereocenters. The summed E-state index contributed by atoms with van der Waals surface area (Å²) in [5.74, 6) is -0.912. The van der Waals surface area contributed by atoms with Crippen LogP contribution in [0.15, 0.2) is 28.7 Å². The van der Waals surface area contributed by atoms with Crippen LogP contribution in [-0.2, 0) is 0 Å². The second-order valence-electron chi connectivity index (χ2n) is 2.72. The molecule has 0 saturated heterocycles. The fourth-order valence-corrected chi connectivity index (χ4v) is 1.18. The molecule has 0 spiro atoms. The first-order chi connectivity index (χ1) is 6.38. The van der Waals surface area contributed by atoms with E-state index in [-0.39, 0.29) is 5.56 Å². The minimum atomic E-state index is -4.44. The van der Waals surface area contributed by atoms with Gasteiger partial charge in [0.05, 0.1) is 0 Å². The van der Waals surface area contributed by atoms with Gasteiger partial charge in [-0.25, -0.2) is 0 Å². The first-order valence-corrected chi connectivity index (χ1v) is 4.53. The second-order valence-corrected chi connectivity index (χ2v) is 3.64. The summed E-state index contributed by atoms with van der Waals surface area (Å²) in [6.45, 7) is 0. The van der Waals surface area contributed by atoms with E-state index >= 15 is 0 Å². The zero-order chi connectivity index (χ0) is 10.8. The van der Waals surface area contributed by atoms with E-state index in [4.69, 9.17) is 0 Å². The molecule has 1 rings (SSSR count). The van der Waals surface area contributed by atoms with Gasteiger partial charge >= 0.3 is 6.18 Å². The highest BCUT2D eigenvalue weighted by Gasteiger charge is 2.31. The normalized spacial score (nSPS) is 11.4. The maximum atomic E-state index is 11.8. The summed E-state index contributed by atoms with van der Waals surface area (Å²) in [5, 5.41) is 0. The van der Waals surface area contributed by atoms with Crippen LogP contribution in [0.3, 0.4) is 0 Å². The van der Waals surface area contributed by atoms with Gasteiger partial charge in [0, 0.05) is 10.0 Å². The molecule has 0 aliphatic rings. The van der Waals surface area contributed by atoms with Crippen LogP contribution in [-0.4, -0.2) is 12.0 Å². The maximum absolute atomic E-state index is 11.8. The predicted octanol–water partition coefficient (Wildman–Crippen LogP) is 3.58. The van der Waals surface area contributed by atoms with Crippen LogP contribution in [0.5, 0.6) is 0 Å². The highest BCUT2D eigenvalue weighted by atomic mass is 79.9. The summed E-state index contributed by atoms with van der Waals surface area (Å²) in [6.07, 6.45) is -5.85. The van der Waals surface area contributed by atoms with Crippen molar-refractivity contribution in [2.75, 3.05) is 0 Å². The number of halogens is 4. The van der Waals surface area contributed by atoms with Crippen LogP contribution in [0.2, 0.25) is 0 Å². The number of carbonyl (C=O) groups excluding carboxylic acids is 1. The monoisotopic (exact) mass is 266 g/mol. The van der Waals surface area contributed by atoms with Crippen LogP contribution < -0.4 is 0 Å². The number of carbonyl (C=O) groups is 1. The first-order valence-electron chi connectivity index (χ1n) is 3.74. The predicted molar refractivity (Wildman–Crippen MR) is 49.1 cm³/mol. The molecular weight excluding hydrogens is 261 g/mol. The summed E-state index contributed by atoms with van der Waals surface area (Å²) >= 11 is 3.12. The molecule has 76 valence electrons. The number of benzene rings is 1. The standard InChI is InChI=1S/C9H6BrF3O/c10-7-3-1-6(2-4-7)8(14)5-9(11,12)13/h1-4H,5H2. The lowest BCUT2D eigenvalue weighted by Crippen LogP contribution is -2.14. The molecule has 1 aromatic carbocycles. The number of alkyl halides is 3. The zero-order valence-corrected chi connectivity index (χ0v) is 8.52. The lowest BCUT2D eigenvalue weighted by Gasteiger charge is -2.04. The zero-order valence-electron chi connectivity index (χ0n) is 6.94. The second kappa shape index (κ2) is 4.13. The molecule has 0 heterocycles.